The van der Waals surface area contributed by atoms with Gasteiger partial charge < -0.3 is 0 Å². The van der Waals surface area contributed by atoms with Crippen molar-refractivity contribution in [2.75, 3.05) is 26.2 Å². The molecule has 2 aliphatic rings. The molecule has 0 radical (unpaired) electrons. The second-order valence-corrected chi connectivity index (χ2v) is 5.67. The van der Waals surface area contributed by atoms with E-state index in [1.807, 2.05) is 0 Å². The molecule has 0 bridgehead atoms. The molecule has 3 rings (SSSR count). The minimum Gasteiger partial charge on any atom is -0.298 e. The standard InChI is InChI=1S/C16H22N2O/c19-16-8-4-7-15(16)18-11-9-17(10-12-18)13-14-5-2-1-3-6-14/h1-3,5-6,15H,4,7-13H2. The predicted molar refractivity (Wildman–Crippen MR) is 75.9 cm³/mol. The van der Waals surface area contributed by atoms with E-state index in [9.17, 15) is 4.79 Å². The van der Waals surface area contributed by atoms with Crippen molar-refractivity contribution in [1.29, 1.82) is 0 Å². The molecular formula is C16H22N2O. The molecule has 1 saturated heterocycles. The Labute approximate surface area is 115 Å². The predicted octanol–water partition coefficient (Wildman–Crippen LogP) is 1.93. The topological polar surface area (TPSA) is 23.6 Å². The molecule has 3 heteroatoms. The van der Waals surface area contributed by atoms with Gasteiger partial charge in [0.15, 0.2) is 0 Å². The van der Waals surface area contributed by atoms with Crippen LogP contribution < -0.4 is 0 Å². The zero-order valence-corrected chi connectivity index (χ0v) is 11.4. The summed E-state index contributed by atoms with van der Waals surface area (Å²) in [6.45, 7) is 5.29. The number of rotatable bonds is 3. The van der Waals surface area contributed by atoms with Gasteiger partial charge in [-0.05, 0) is 18.4 Å². The van der Waals surface area contributed by atoms with Crippen LogP contribution in [-0.4, -0.2) is 47.8 Å². The van der Waals surface area contributed by atoms with Crippen molar-refractivity contribution in [3.05, 3.63) is 35.9 Å². The molecule has 1 aromatic rings. The summed E-state index contributed by atoms with van der Waals surface area (Å²) in [6.07, 6.45) is 2.97. The molecule has 1 aliphatic heterocycles. The molecule has 1 unspecified atom stereocenters. The molecule has 1 heterocycles. The first-order valence-electron chi connectivity index (χ1n) is 7.36. The van der Waals surface area contributed by atoms with Crippen LogP contribution in [0.1, 0.15) is 24.8 Å². The Morgan fingerprint density at radius 3 is 2.42 bits per heavy atom. The third-order valence-corrected chi connectivity index (χ3v) is 4.37. The quantitative estimate of drug-likeness (QED) is 0.827. The molecule has 19 heavy (non-hydrogen) atoms. The number of nitrogens with zero attached hydrogens (tertiary/aromatic N) is 2. The Morgan fingerprint density at radius 2 is 1.79 bits per heavy atom. The number of benzene rings is 1. The van der Waals surface area contributed by atoms with Gasteiger partial charge in [-0.1, -0.05) is 30.3 Å². The highest BCUT2D eigenvalue weighted by atomic mass is 16.1. The molecule has 102 valence electrons. The van der Waals surface area contributed by atoms with Crippen molar-refractivity contribution in [2.24, 2.45) is 0 Å². The minimum atomic E-state index is 0.235. The number of ketones is 1. The first kappa shape index (κ1) is 12.8. The van der Waals surface area contributed by atoms with Crippen molar-refractivity contribution in [3.8, 4) is 0 Å². The summed E-state index contributed by atoms with van der Waals surface area (Å²) in [5, 5.41) is 0. The lowest BCUT2D eigenvalue weighted by molar-refractivity contribution is -0.122. The molecule has 1 aromatic carbocycles. The monoisotopic (exact) mass is 258 g/mol. The number of Topliss-reactive ketones (excluding diaryl/α,β-unsaturated/α-hetero) is 1. The van der Waals surface area contributed by atoms with E-state index < -0.39 is 0 Å². The molecule has 1 saturated carbocycles. The minimum absolute atomic E-state index is 0.235. The van der Waals surface area contributed by atoms with Crippen molar-refractivity contribution < 1.29 is 4.79 Å². The third kappa shape index (κ3) is 3.04. The van der Waals surface area contributed by atoms with E-state index in [2.05, 4.69) is 40.1 Å². The van der Waals surface area contributed by atoms with Gasteiger partial charge in [-0.25, -0.2) is 0 Å². The molecule has 0 spiro atoms. The van der Waals surface area contributed by atoms with Gasteiger partial charge in [0.1, 0.15) is 5.78 Å². The first-order chi connectivity index (χ1) is 9.33. The Morgan fingerprint density at radius 1 is 1.05 bits per heavy atom. The Hall–Kier alpha value is -1.19. The van der Waals surface area contributed by atoms with Gasteiger partial charge in [0.2, 0.25) is 0 Å². The fraction of sp³-hybridized carbons (Fsp3) is 0.562. The lowest BCUT2D eigenvalue weighted by atomic mass is 10.1. The molecular weight excluding hydrogens is 236 g/mol. The maximum Gasteiger partial charge on any atom is 0.149 e. The van der Waals surface area contributed by atoms with Crippen molar-refractivity contribution in [1.82, 2.24) is 9.80 Å². The van der Waals surface area contributed by atoms with Gasteiger partial charge >= 0.3 is 0 Å². The van der Waals surface area contributed by atoms with Crippen molar-refractivity contribution >= 4 is 5.78 Å². The smallest absolute Gasteiger partial charge is 0.149 e. The maximum absolute atomic E-state index is 11.8. The fourth-order valence-electron chi connectivity index (χ4n) is 3.26. The number of carbonyl (C=O) groups is 1. The van der Waals surface area contributed by atoms with E-state index in [0.717, 1.165) is 52.0 Å². The molecule has 0 aromatic heterocycles. The van der Waals surface area contributed by atoms with Gasteiger partial charge in [-0.2, -0.15) is 0 Å². The highest BCUT2D eigenvalue weighted by molar-refractivity contribution is 5.85. The Bertz CT molecular complexity index is 424. The van der Waals surface area contributed by atoms with Crippen LogP contribution in [0, 0.1) is 0 Å². The zero-order valence-electron chi connectivity index (χ0n) is 11.4. The molecule has 1 aliphatic carbocycles. The summed E-state index contributed by atoms with van der Waals surface area (Å²) in [6, 6.07) is 10.9. The van der Waals surface area contributed by atoms with E-state index >= 15 is 0 Å². The summed E-state index contributed by atoms with van der Waals surface area (Å²) in [5.74, 6) is 0.469. The summed E-state index contributed by atoms with van der Waals surface area (Å²) in [5.41, 5.74) is 1.38. The maximum atomic E-state index is 11.8. The van der Waals surface area contributed by atoms with E-state index in [-0.39, 0.29) is 6.04 Å². The van der Waals surface area contributed by atoms with Gasteiger partial charge in [0.05, 0.1) is 6.04 Å². The van der Waals surface area contributed by atoms with E-state index in [1.165, 1.54) is 5.56 Å². The first-order valence-corrected chi connectivity index (χ1v) is 7.36. The lowest BCUT2D eigenvalue weighted by Gasteiger charge is -2.37. The highest BCUT2D eigenvalue weighted by Gasteiger charge is 2.31. The van der Waals surface area contributed by atoms with Gasteiger partial charge in [0, 0.05) is 39.1 Å². The fourth-order valence-corrected chi connectivity index (χ4v) is 3.26. The van der Waals surface area contributed by atoms with E-state index in [4.69, 9.17) is 0 Å². The summed E-state index contributed by atoms with van der Waals surface area (Å²) in [4.78, 5) is 16.7. The highest BCUT2D eigenvalue weighted by Crippen LogP contribution is 2.21. The van der Waals surface area contributed by atoms with Crippen LogP contribution >= 0.6 is 0 Å². The van der Waals surface area contributed by atoms with Crippen LogP contribution in [0.15, 0.2) is 30.3 Å². The number of hydrogen-bond donors (Lipinski definition) is 0. The second kappa shape index (κ2) is 5.85. The van der Waals surface area contributed by atoms with Crippen molar-refractivity contribution in [3.63, 3.8) is 0 Å². The van der Waals surface area contributed by atoms with E-state index in [1.54, 1.807) is 0 Å². The number of hydrogen-bond acceptors (Lipinski definition) is 3. The average molecular weight is 258 g/mol. The zero-order chi connectivity index (χ0) is 13.1. The molecule has 2 fully saturated rings. The molecule has 1 atom stereocenters. The van der Waals surface area contributed by atoms with Crippen LogP contribution in [0.2, 0.25) is 0 Å². The van der Waals surface area contributed by atoms with Crippen LogP contribution in [0.5, 0.6) is 0 Å². The molecule has 3 nitrogen and oxygen atoms in total. The van der Waals surface area contributed by atoms with Gasteiger partial charge in [-0.3, -0.25) is 14.6 Å². The third-order valence-electron chi connectivity index (χ3n) is 4.37. The Balaban J connectivity index is 1.51. The largest absolute Gasteiger partial charge is 0.298 e. The summed E-state index contributed by atoms with van der Waals surface area (Å²) in [7, 11) is 0. The second-order valence-electron chi connectivity index (χ2n) is 5.67. The lowest BCUT2D eigenvalue weighted by Crippen LogP contribution is -2.51. The number of piperazine rings is 1. The van der Waals surface area contributed by atoms with E-state index in [0.29, 0.717) is 5.78 Å². The molecule has 0 N–H and O–H groups in total. The van der Waals surface area contributed by atoms with Crippen LogP contribution in [-0.2, 0) is 11.3 Å². The van der Waals surface area contributed by atoms with Gasteiger partial charge in [-0.15, -0.1) is 0 Å². The van der Waals surface area contributed by atoms with Crippen LogP contribution in [0.25, 0.3) is 0 Å². The average Bonchev–Trinajstić information content (AvgIpc) is 2.87. The summed E-state index contributed by atoms with van der Waals surface area (Å²) >= 11 is 0. The Kier molecular flexibility index (Phi) is 3.95. The van der Waals surface area contributed by atoms with Crippen LogP contribution in [0.3, 0.4) is 0 Å². The summed E-state index contributed by atoms with van der Waals surface area (Å²) < 4.78 is 0. The normalized spacial score (nSPS) is 25.9. The van der Waals surface area contributed by atoms with Crippen LogP contribution in [0.4, 0.5) is 0 Å². The van der Waals surface area contributed by atoms with Crippen molar-refractivity contribution in [2.45, 2.75) is 31.8 Å². The number of carbonyl (C=O) groups excluding carboxylic acids is 1. The van der Waals surface area contributed by atoms with Gasteiger partial charge in [0.25, 0.3) is 0 Å². The molecule has 0 amide bonds. The SMILES string of the molecule is O=C1CCCC1N1CCN(Cc2ccccc2)CC1.